The Bertz CT molecular complexity index is 579. The Kier molecular flexibility index (Phi) is 4.36. The van der Waals surface area contributed by atoms with Crippen LogP contribution in [0, 0.1) is 6.92 Å². The Balaban J connectivity index is 2.54. The highest BCUT2D eigenvalue weighted by Crippen LogP contribution is 2.31. The summed E-state index contributed by atoms with van der Waals surface area (Å²) < 4.78 is 7.33. The van der Waals surface area contributed by atoms with Crippen LogP contribution in [0.1, 0.15) is 42.9 Å². The number of hydrazine groups is 1. The minimum Gasteiger partial charge on any atom is -0.493 e. The van der Waals surface area contributed by atoms with Crippen LogP contribution < -0.4 is 16.0 Å². The summed E-state index contributed by atoms with van der Waals surface area (Å²) in [4.78, 5) is 4.22. The Hall–Kier alpha value is -1.92. The number of aryl methyl sites for hydroxylation is 1. The summed E-state index contributed by atoms with van der Waals surface area (Å²) in [6.45, 7) is 6.09. The van der Waals surface area contributed by atoms with Gasteiger partial charge in [0.05, 0.1) is 19.3 Å². The van der Waals surface area contributed by atoms with Crippen LogP contribution in [-0.2, 0) is 0 Å². The molecule has 0 fully saturated rings. The van der Waals surface area contributed by atoms with Crippen LogP contribution >= 0.6 is 0 Å². The summed E-state index contributed by atoms with van der Waals surface area (Å²) in [5, 5.41) is 4.38. The maximum Gasteiger partial charge on any atom is 0.161 e. The van der Waals surface area contributed by atoms with Crippen LogP contribution in [0.2, 0.25) is 0 Å². The van der Waals surface area contributed by atoms with E-state index in [-0.39, 0.29) is 12.1 Å². The lowest BCUT2D eigenvalue weighted by molar-refractivity contribution is 0.394. The Morgan fingerprint density at radius 1 is 1.40 bits per heavy atom. The van der Waals surface area contributed by atoms with Crippen molar-refractivity contribution < 1.29 is 4.74 Å². The number of rotatable bonds is 5. The van der Waals surface area contributed by atoms with Crippen LogP contribution in [0.5, 0.6) is 5.75 Å². The van der Waals surface area contributed by atoms with E-state index in [4.69, 9.17) is 10.6 Å². The van der Waals surface area contributed by atoms with Gasteiger partial charge in [-0.1, -0.05) is 0 Å². The number of ether oxygens (including phenoxy) is 1. The fraction of sp³-hybridized carbons (Fsp3) is 0.429. The van der Waals surface area contributed by atoms with Crippen molar-refractivity contribution in [3.63, 3.8) is 0 Å². The molecule has 2 heterocycles. The lowest BCUT2D eigenvalue weighted by Gasteiger charge is -2.21. The first kappa shape index (κ1) is 14.5. The second kappa shape index (κ2) is 6.02. The minimum atomic E-state index is -0.198. The SMILES string of the molecule is COc1cnn(C(C)C)c1C(NN)c1ccnc(C)c1. The van der Waals surface area contributed by atoms with Gasteiger partial charge in [-0.25, -0.2) is 5.43 Å². The molecule has 0 aliphatic heterocycles. The largest absolute Gasteiger partial charge is 0.493 e. The Labute approximate surface area is 118 Å². The minimum absolute atomic E-state index is 0.198. The number of hydrogen-bond donors (Lipinski definition) is 2. The summed E-state index contributed by atoms with van der Waals surface area (Å²) in [7, 11) is 1.64. The Morgan fingerprint density at radius 3 is 2.70 bits per heavy atom. The molecule has 0 aliphatic rings. The lowest BCUT2D eigenvalue weighted by atomic mass is 10.0. The highest BCUT2D eigenvalue weighted by atomic mass is 16.5. The molecule has 3 N–H and O–H groups in total. The summed E-state index contributed by atoms with van der Waals surface area (Å²) in [6, 6.07) is 3.96. The van der Waals surface area contributed by atoms with E-state index in [1.807, 2.05) is 23.7 Å². The predicted octanol–water partition coefficient (Wildman–Crippen LogP) is 1.73. The van der Waals surface area contributed by atoms with Crippen LogP contribution in [0.25, 0.3) is 0 Å². The molecule has 0 radical (unpaired) electrons. The second-order valence-electron chi connectivity index (χ2n) is 4.97. The molecule has 0 spiro atoms. The average molecular weight is 275 g/mol. The van der Waals surface area contributed by atoms with Gasteiger partial charge in [0, 0.05) is 17.9 Å². The first-order valence-corrected chi connectivity index (χ1v) is 6.58. The zero-order chi connectivity index (χ0) is 14.7. The standard InChI is InChI=1S/C14H21N5O/c1-9(2)19-14(12(20-4)8-17-19)13(18-15)11-5-6-16-10(3)7-11/h5-9,13,18H,15H2,1-4H3. The van der Waals surface area contributed by atoms with Gasteiger partial charge in [-0.15, -0.1) is 0 Å². The van der Waals surface area contributed by atoms with E-state index in [2.05, 4.69) is 29.4 Å². The van der Waals surface area contributed by atoms with Crippen molar-refractivity contribution in [3.8, 4) is 5.75 Å². The molecule has 6 nitrogen and oxygen atoms in total. The quantitative estimate of drug-likeness (QED) is 0.642. The summed E-state index contributed by atoms with van der Waals surface area (Å²) >= 11 is 0. The molecule has 1 unspecified atom stereocenters. The average Bonchev–Trinajstić information content (AvgIpc) is 2.84. The van der Waals surface area contributed by atoms with E-state index in [1.165, 1.54) is 0 Å². The van der Waals surface area contributed by atoms with Gasteiger partial charge in [-0.3, -0.25) is 15.5 Å². The summed E-state index contributed by atoms with van der Waals surface area (Å²) in [5.41, 5.74) is 5.73. The van der Waals surface area contributed by atoms with Gasteiger partial charge in [0.2, 0.25) is 0 Å². The number of pyridine rings is 1. The van der Waals surface area contributed by atoms with Crippen molar-refractivity contribution in [2.24, 2.45) is 5.84 Å². The molecule has 0 aliphatic carbocycles. The Morgan fingerprint density at radius 2 is 2.15 bits per heavy atom. The van der Waals surface area contributed by atoms with E-state index in [0.29, 0.717) is 0 Å². The molecular weight excluding hydrogens is 254 g/mol. The topological polar surface area (TPSA) is 78.0 Å². The number of nitrogens with two attached hydrogens (primary N) is 1. The molecule has 108 valence electrons. The highest BCUT2D eigenvalue weighted by Gasteiger charge is 2.24. The van der Waals surface area contributed by atoms with Gasteiger partial charge >= 0.3 is 0 Å². The van der Waals surface area contributed by atoms with Crippen LogP contribution in [-0.4, -0.2) is 21.9 Å². The number of aromatic nitrogens is 3. The molecule has 0 bridgehead atoms. The monoisotopic (exact) mass is 275 g/mol. The van der Waals surface area contributed by atoms with Crippen LogP contribution in [0.3, 0.4) is 0 Å². The third-order valence-electron chi connectivity index (χ3n) is 3.20. The number of nitrogens with one attached hydrogen (secondary N) is 1. The van der Waals surface area contributed by atoms with E-state index >= 15 is 0 Å². The second-order valence-corrected chi connectivity index (χ2v) is 4.97. The normalized spacial score (nSPS) is 12.7. The molecular formula is C14H21N5O. The molecule has 2 aromatic rings. The first-order valence-electron chi connectivity index (χ1n) is 6.58. The maximum atomic E-state index is 5.77. The molecule has 0 aromatic carbocycles. The van der Waals surface area contributed by atoms with Crippen molar-refractivity contribution in [1.82, 2.24) is 20.2 Å². The summed E-state index contributed by atoms with van der Waals surface area (Å²) in [6.07, 6.45) is 3.49. The molecule has 0 saturated heterocycles. The van der Waals surface area contributed by atoms with Crippen LogP contribution in [0.4, 0.5) is 0 Å². The van der Waals surface area contributed by atoms with Gasteiger partial charge in [0.1, 0.15) is 5.69 Å². The van der Waals surface area contributed by atoms with Crippen molar-refractivity contribution in [1.29, 1.82) is 0 Å². The van der Waals surface area contributed by atoms with E-state index in [0.717, 1.165) is 22.7 Å². The van der Waals surface area contributed by atoms with Gasteiger partial charge in [0.25, 0.3) is 0 Å². The van der Waals surface area contributed by atoms with Gasteiger partial charge in [-0.05, 0) is 38.5 Å². The van der Waals surface area contributed by atoms with Crippen molar-refractivity contribution >= 4 is 0 Å². The molecule has 0 saturated carbocycles. The molecule has 20 heavy (non-hydrogen) atoms. The number of nitrogens with zero attached hydrogens (tertiary/aromatic N) is 3. The van der Waals surface area contributed by atoms with Gasteiger partial charge in [0.15, 0.2) is 5.75 Å². The third-order valence-corrected chi connectivity index (χ3v) is 3.20. The van der Waals surface area contributed by atoms with Crippen molar-refractivity contribution in [2.45, 2.75) is 32.9 Å². The molecule has 2 rings (SSSR count). The van der Waals surface area contributed by atoms with Crippen molar-refractivity contribution in [3.05, 3.63) is 41.5 Å². The predicted molar refractivity (Wildman–Crippen MR) is 77.3 cm³/mol. The summed E-state index contributed by atoms with van der Waals surface area (Å²) in [5.74, 6) is 6.49. The molecule has 1 atom stereocenters. The third kappa shape index (κ3) is 2.66. The van der Waals surface area contributed by atoms with Gasteiger partial charge < -0.3 is 4.74 Å². The van der Waals surface area contributed by atoms with Gasteiger partial charge in [-0.2, -0.15) is 5.10 Å². The fourth-order valence-electron chi connectivity index (χ4n) is 2.28. The van der Waals surface area contributed by atoms with E-state index < -0.39 is 0 Å². The molecule has 6 heteroatoms. The first-order chi connectivity index (χ1) is 9.58. The zero-order valence-electron chi connectivity index (χ0n) is 12.3. The number of hydrogen-bond acceptors (Lipinski definition) is 5. The lowest BCUT2D eigenvalue weighted by Crippen LogP contribution is -2.31. The van der Waals surface area contributed by atoms with Crippen LogP contribution in [0.15, 0.2) is 24.5 Å². The fourth-order valence-corrected chi connectivity index (χ4v) is 2.28. The molecule has 0 amide bonds. The van der Waals surface area contributed by atoms with Crippen molar-refractivity contribution in [2.75, 3.05) is 7.11 Å². The smallest absolute Gasteiger partial charge is 0.161 e. The number of methoxy groups -OCH3 is 1. The maximum absolute atomic E-state index is 5.77. The zero-order valence-corrected chi connectivity index (χ0v) is 12.3. The van der Waals surface area contributed by atoms with E-state index in [9.17, 15) is 0 Å². The highest BCUT2D eigenvalue weighted by molar-refractivity contribution is 5.36. The van der Waals surface area contributed by atoms with E-state index in [1.54, 1.807) is 19.5 Å². The molecule has 2 aromatic heterocycles.